The van der Waals surface area contributed by atoms with Gasteiger partial charge >= 0.3 is 5.97 Å². The van der Waals surface area contributed by atoms with E-state index in [1.54, 1.807) is 12.3 Å². The number of carboxylic acid groups (broad SMARTS) is 1. The van der Waals surface area contributed by atoms with Crippen molar-refractivity contribution >= 4 is 5.97 Å². The molecule has 1 aliphatic heterocycles. The molecule has 0 aliphatic carbocycles. The van der Waals surface area contributed by atoms with Gasteiger partial charge in [-0.2, -0.15) is 5.26 Å². The van der Waals surface area contributed by atoms with Gasteiger partial charge in [0.15, 0.2) is 0 Å². The van der Waals surface area contributed by atoms with Crippen molar-refractivity contribution in [1.82, 2.24) is 9.88 Å². The highest BCUT2D eigenvalue weighted by molar-refractivity contribution is 5.71. The molecular formula is C13H15N3O2. The van der Waals surface area contributed by atoms with Crippen LogP contribution in [0.4, 0.5) is 0 Å². The summed E-state index contributed by atoms with van der Waals surface area (Å²) in [5.41, 5.74) is 1.28. The summed E-state index contributed by atoms with van der Waals surface area (Å²) in [4.78, 5) is 17.1. The fourth-order valence-corrected chi connectivity index (χ4v) is 2.43. The summed E-state index contributed by atoms with van der Waals surface area (Å²) in [7, 11) is 0. The Balaban J connectivity index is 2.08. The molecule has 0 spiro atoms. The minimum absolute atomic E-state index is 0.143. The molecule has 1 aromatic rings. The molecule has 1 N–H and O–H groups in total. The van der Waals surface area contributed by atoms with E-state index in [-0.39, 0.29) is 11.8 Å². The van der Waals surface area contributed by atoms with Crippen LogP contribution < -0.4 is 0 Å². The van der Waals surface area contributed by atoms with E-state index in [2.05, 4.69) is 16.0 Å². The van der Waals surface area contributed by atoms with Crippen molar-refractivity contribution in [2.24, 2.45) is 11.8 Å². The zero-order valence-corrected chi connectivity index (χ0v) is 10.2. The standard InChI is InChI=1S/C13H15N3O2/c1-9-6-16(8-11(9)13(17)18)7-10-3-2-4-15-12(10)5-14/h2-4,9,11H,6-8H2,1H3,(H,17,18). The third-order valence-electron chi connectivity index (χ3n) is 3.40. The Kier molecular flexibility index (Phi) is 3.58. The van der Waals surface area contributed by atoms with E-state index >= 15 is 0 Å². The minimum Gasteiger partial charge on any atom is -0.481 e. The van der Waals surface area contributed by atoms with E-state index in [0.29, 0.717) is 18.8 Å². The summed E-state index contributed by atoms with van der Waals surface area (Å²) >= 11 is 0. The summed E-state index contributed by atoms with van der Waals surface area (Å²) in [5.74, 6) is -0.909. The second-order valence-electron chi connectivity index (χ2n) is 4.74. The quantitative estimate of drug-likeness (QED) is 0.863. The van der Waals surface area contributed by atoms with Crippen LogP contribution in [-0.2, 0) is 11.3 Å². The smallest absolute Gasteiger partial charge is 0.308 e. The van der Waals surface area contributed by atoms with Crippen molar-refractivity contribution < 1.29 is 9.90 Å². The van der Waals surface area contributed by atoms with E-state index in [0.717, 1.165) is 12.1 Å². The fraction of sp³-hybridized carbons (Fsp3) is 0.462. The first-order valence-electron chi connectivity index (χ1n) is 5.91. The number of nitrogens with zero attached hydrogens (tertiary/aromatic N) is 3. The first-order valence-corrected chi connectivity index (χ1v) is 5.91. The van der Waals surface area contributed by atoms with Gasteiger partial charge in [0, 0.05) is 31.4 Å². The first-order chi connectivity index (χ1) is 8.61. The molecule has 5 heteroatoms. The summed E-state index contributed by atoms with van der Waals surface area (Å²) < 4.78 is 0. The van der Waals surface area contributed by atoms with E-state index < -0.39 is 5.97 Å². The van der Waals surface area contributed by atoms with Crippen molar-refractivity contribution in [3.05, 3.63) is 29.6 Å². The molecule has 0 bridgehead atoms. The maximum atomic E-state index is 11.0. The highest BCUT2D eigenvalue weighted by Gasteiger charge is 2.34. The minimum atomic E-state index is -0.739. The van der Waals surface area contributed by atoms with Crippen LogP contribution in [0.1, 0.15) is 18.2 Å². The highest BCUT2D eigenvalue weighted by atomic mass is 16.4. The van der Waals surface area contributed by atoms with E-state index in [9.17, 15) is 4.79 Å². The summed E-state index contributed by atoms with van der Waals surface area (Å²) in [5, 5.41) is 18.0. The SMILES string of the molecule is CC1CN(Cc2cccnc2C#N)CC1C(=O)O. The molecule has 0 saturated carbocycles. The molecule has 5 nitrogen and oxygen atoms in total. The van der Waals surface area contributed by atoms with Gasteiger partial charge in [-0.05, 0) is 12.0 Å². The predicted molar refractivity (Wildman–Crippen MR) is 64.5 cm³/mol. The van der Waals surface area contributed by atoms with Gasteiger partial charge in [-0.3, -0.25) is 9.69 Å². The molecule has 2 atom stereocenters. The van der Waals surface area contributed by atoms with Crippen LogP contribution in [0.2, 0.25) is 0 Å². The van der Waals surface area contributed by atoms with Gasteiger partial charge in [0.25, 0.3) is 0 Å². The lowest BCUT2D eigenvalue weighted by Crippen LogP contribution is -2.23. The molecule has 0 amide bonds. The molecule has 0 aromatic carbocycles. The molecule has 18 heavy (non-hydrogen) atoms. The van der Waals surface area contributed by atoms with Gasteiger partial charge < -0.3 is 5.11 Å². The number of aliphatic carboxylic acids is 1. The number of carbonyl (C=O) groups is 1. The van der Waals surface area contributed by atoms with Crippen molar-refractivity contribution in [1.29, 1.82) is 5.26 Å². The zero-order valence-electron chi connectivity index (χ0n) is 10.2. The second kappa shape index (κ2) is 5.15. The van der Waals surface area contributed by atoms with Gasteiger partial charge in [0.05, 0.1) is 5.92 Å². The lowest BCUT2D eigenvalue weighted by Gasteiger charge is -2.15. The molecule has 1 aliphatic rings. The van der Waals surface area contributed by atoms with Crippen molar-refractivity contribution in [2.75, 3.05) is 13.1 Å². The van der Waals surface area contributed by atoms with Gasteiger partial charge in [0.1, 0.15) is 11.8 Å². The highest BCUT2D eigenvalue weighted by Crippen LogP contribution is 2.24. The average Bonchev–Trinajstić information content (AvgIpc) is 2.71. The van der Waals surface area contributed by atoms with Crippen molar-refractivity contribution in [3.63, 3.8) is 0 Å². The Labute approximate surface area is 106 Å². The van der Waals surface area contributed by atoms with E-state index in [1.807, 2.05) is 13.0 Å². The molecule has 1 saturated heterocycles. The lowest BCUT2D eigenvalue weighted by atomic mass is 9.99. The second-order valence-corrected chi connectivity index (χ2v) is 4.74. The van der Waals surface area contributed by atoms with Crippen LogP contribution in [0.15, 0.2) is 18.3 Å². The third kappa shape index (κ3) is 2.49. The maximum Gasteiger partial charge on any atom is 0.308 e. The summed E-state index contributed by atoms with van der Waals surface area (Å²) in [6.07, 6.45) is 1.59. The van der Waals surface area contributed by atoms with Gasteiger partial charge in [0.2, 0.25) is 0 Å². The molecule has 2 rings (SSSR count). The Morgan fingerprint density at radius 1 is 1.67 bits per heavy atom. The van der Waals surface area contributed by atoms with Gasteiger partial charge in [-0.1, -0.05) is 13.0 Å². The number of likely N-dealkylation sites (tertiary alicyclic amines) is 1. The van der Waals surface area contributed by atoms with Gasteiger partial charge in [-0.15, -0.1) is 0 Å². The molecule has 0 radical (unpaired) electrons. The first kappa shape index (κ1) is 12.5. The van der Waals surface area contributed by atoms with Crippen molar-refractivity contribution in [3.8, 4) is 6.07 Å². The summed E-state index contributed by atoms with van der Waals surface area (Å²) in [6, 6.07) is 5.72. The van der Waals surface area contributed by atoms with E-state index in [1.165, 1.54) is 0 Å². The fourth-order valence-electron chi connectivity index (χ4n) is 2.43. The molecule has 2 unspecified atom stereocenters. The Hall–Kier alpha value is -1.93. The normalized spacial score (nSPS) is 23.8. The van der Waals surface area contributed by atoms with Crippen LogP contribution in [0.25, 0.3) is 0 Å². The number of pyridine rings is 1. The molecular weight excluding hydrogens is 230 g/mol. The molecule has 2 heterocycles. The number of rotatable bonds is 3. The summed E-state index contributed by atoms with van der Waals surface area (Å²) in [6.45, 7) is 3.82. The van der Waals surface area contributed by atoms with Crippen LogP contribution >= 0.6 is 0 Å². The number of aromatic nitrogens is 1. The van der Waals surface area contributed by atoms with Crippen LogP contribution in [0.3, 0.4) is 0 Å². The van der Waals surface area contributed by atoms with Crippen LogP contribution in [0.5, 0.6) is 0 Å². The third-order valence-corrected chi connectivity index (χ3v) is 3.40. The number of hydrogen-bond donors (Lipinski definition) is 1. The Morgan fingerprint density at radius 2 is 2.44 bits per heavy atom. The number of hydrogen-bond acceptors (Lipinski definition) is 4. The van der Waals surface area contributed by atoms with E-state index in [4.69, 9.17) is 10.4 Å². The number of nitriles is 1. The largest absolute Gasteiger partial charge is 0.481 e. The topological polar surface area (TPSA) is 77.2 Å². The van der Waals surface area contributed by atoms with Gasteiger partial charge in [-0.25, -0.2) is 4.98 Å². The number of carboxylic acids is 1. The maximum absolute atomic E-state index is 11.0. The van der Waals surface area contributed by atoms with Crippen LogP contribution in [0, 0.1) is 23.2 Å². The molecule has 1 aromatic heterocycles. The predicted octanol–water partition coefficient (Wildman–Crippen LogP) is 1.11. The van der Waals surface area contributed by atoms with Crippen LogP contribution in [-0.4, -0.2) is 34.0 Å². The Morgan fingerprint density at radius 3 is 3.06 bits per heavy atom. The molecule has 1 fully saturated rings. The molecule has 94 valence electrons. The monoisotopic (exact) mass is 245 g/mol. The lowest BCUT2D eigenvalue weighted by molar-refractivity contribution is -0.142. The zero-order chi connectivity index (χ0) is 13.1. The Bertz CT molecular complexity index is 495. The average molecular weight is 245 g/mol. The van der Waals surface area contributed by atoms with Crippen molar-refractivity contribution in [2.45, 2.75) is 13.5 Å².